The lowest BCUT2D eigenvalue weighted by Gasteiger charge is -2.22. The zero-order chi connectivity index (χ0) is 20.0. The van der Waals surface area contributed by atoms with Crippen LogP contribution in [0.4, 0.5) is 0 Å². The molecule has 8 nitrogen and oxygen atoms in total. The zero-order valence-corrected chi connectivity index (χ0v) is 17.1. The van der Waals surface area contributed by atoms with Gasteiger partial charge in [-0.15, -0.1) is 0 Å². The van der Waals surface area contributed by atoms with Crippen molar-refractivity contribution in [3.8, 4) is 11.5 Å². The summed E-state index contributed by atoms with van der Waals surface area (Å²) in [4.78, 5) is 29.5. The number of aromatic nitrogens is 2. The van der Waals surface area contributed by atoms with Crippen LogP contribution in [0.5, 0.6) is 11.5 Å². The summed E-state index contributed by atoms with van der Waals surface area (Å²) in [6, 6.07) is 3.30. The molecule has 3 heterocycles. The molecule has 0 aliphatic carbocycles. The summed E-state index contributed by atoms with van der Waals surface area (Å²) in [5, 5.41) is 3.10. The van der Waals surface area contributed by atoms with Crippen LogP contribution in [0.2, 0.25) is 0 Å². The molecule has 1 N–H and O–H groups in total. The van der Waals surface area contributed by atoms with Gasteiger partial charge in [-0.3, -0.25) is 9.59 Å². The Labute approximate surface area is 168 Å². The van der Waals surface area contributed by atoms with Crippen molar-refractivity contribution in [2.75, 3.05) is 13.2 Å². The van der Waals surface area contributed by atoms with Crippen molar-refractivity contribution in [2.45, 2.75) is 19.9 Å². The van der Waals surface area contributed by atoms with Gasteiger partial charge in [-0.1, -0.05) is 15.9 Å². The first-order valence-corrected chi connectivity index (χ1v) is 9.50. The van der Waals surface area contributed by atoms with E-state index in [1.165, 1.54) is 10.9 Å². The van der Waals surface area contributed by atoms with E-state index in [4.69, 9.17) is 13.9 Å². The van der Waals surface area contributed by atoms with Gasteiger partial charge in [-0.25, -0.2) is 4.98 Å². The van der Waals surface area contributed by atoms with Crippen LogP contribution in [0, 0.1) is 6.92 Å². The summed E-state index contributed by atoms with van der Waals surface area (Å²) in [5.74, 6) is 1.23. The van der Waals surface area contributed by atoms with Gasteiger partial charge in [-0.2, -0.15) is 0 Å². The first-order chi connectivity index (χ1) is 13.4. The van der Waals surface area contributed by atoms with Crippen LogP contribution >= 0.6 is 15.9 Å². The molecule has 2 aromatic heterocycles. The van der Waals surface area contributed by atoms with Gasteiger partial charge < -0.3 is 23.8 Å². The highest BCUT2D eigenvalue weighted by Gasteiger charge is 2.25. The van der Waals surface area contributed by atoms with Crippen molar-refractivity contribution in [3.63, 3.8) is 0 Å². The topological polar surface area (TPSA) is 95.6 Å². The Hall–Kier alpha value is -2.81. The normalized spacial score (nSPS) is 14.1. The number of ether oxygens (including phenoxy) is 2. The number of carbonyl (C=O) groups is 1. The standard InChI is InChI=1S/C19H18BrN3O5/c1-9(11-6-13-14(7-12(11)20)27-5-4-26-13)22-17(24)15-10(2)28-18-16(15)19(25)23(3)8-21-18/h6-9H,4-5H2,1-3H3,(H,22,24). The highest BCUT2D eigenvalue weighted by molar-refractivity contribution is 9.10. The molecule has 0 fully saturated rings. The van der Waals surface area contributed by atoms with Crippen molar-refractivity contribution in [1.82, 2.24) is 14.9 Å². The van der Waals surface area contributed by atoms with Crippen molar-refractivity contribution in [1.29, 1.82) is 0 Å². The molecule has 28 heavy (non-hydrogen) atoms. The predicted molar refractivity (Wildman–Crippen MR) is 105 cm³/mol. The smallest absolute Gasteiger partial charge is 0.265 e. The van der Waals surface area contributed by atoms with E-state index in [1.54, 1.807) is 14.0 Å². The van der Waals surface area contributed by atoms with E-state index in [-0.39, 0.29) is 28.3 Å². The van der Waals surface area contributed by atoms with Crippen LogP contribution in [-0.2, 0) is 7.05 Å². The van der Waals surface area contributed by atoms with Gasteiger partial charge >= 0.3 is 0 Å². The van der Waals surface area contributed by atoms with Crippen LogP contribution in [0.3, 0.4) is 0 Å². The van der Waals surface area contributed by atoms with Gasteiger partial charge in [0.15, 0.2) is 11.5 Å². The fraction of sp³-hybridized carbons (Fsp3) is 0.316. The number of aryl methyl sites for hydroxylation is 2. The fourth-order valence-electron chi connectivity index (χ4n) is 3.22. The number of nitrogens with zero attached hydrogens (tertiary/aromatic N) is 2. The molecular formula is C19H18BrN3O5. The molecule has 1 aliphatic rings. The van der Waals surface area contributed by atoms with Crippen molar-refractivity contribution in [2.24, 2.45) is 7.05 Å². The lowest BCUT2D eigenvalue weighted by atomic mass is 10.1. The first kappa shape index (κ1) is 18.5. The largest absolute Gasteiger partial charge is 0.486 e. The summed E-state index contributed by atoms with van der Waals surface area (Å²) in [6.45, 7) is 4.47. The van der Waals surface area contributed by atoms with Gasteiger partial charge in [0.25, 0.3) is 11.5 Å². The second-order valence-electron chi connectivity index (χ2n) is 6.59. The molecular weight excluding hydrogens is 430 g/mol. The van der Waals surface area contributed by atoms with Crippen LogP contribution < -0.4 is 20.3 Å². The minimum atomic E-state index is -0.407. The molecule has 146 valence electrons. The van der Waals surface area contributed by atoms with Gasteiger partial charge in [0.05, 0.1) is 11.6 Å². The number of nitrogens with one attached hydrogen (secondary N) is 1. The minimum absolute atomic E-state index is 0.152. The number of carbonyl (C=O) groups excluding carboxylic acids is 1. The summed E-state index contributed by atoms with van der Waals surface area (Å²) >= 11 is 3.52. The van der Waals surface area contributed by atoms with Gasteiger partial charge in [0.2, 0.25) is 5.71 Å². The van der Waals surface area contributed by atoms with E-state index in [1.807, 2.05) is 19.1 Å². The van der Waals surface area contributed by atoms with E-state index in [0.29, 0.717) is 30.5 Å². The summed E-state index contributed by atoms with van der Waals surface area (Å²) < 4.78 is 18.8. The lowest BCUT2D eigenvalue weighted by Crippen LogP contribution is -2.29. The third kappa shape index (κ3) is 3.05. The average Bonchev–Trinajstić information content (AvgIpc) is 3.01. The Balaban J connectivity index is 1.68. The third-order valence-corrected chi connectivity index (χ3v) is 5.34. The maximum atomic E-state index is 13.0. The van der Waals surface area contributed by atoms with Gasteiger partial charge in [0.1, 0.15) is 30.7 Å². The van der Waals surface area contributed by atoms with E-state index in [9.17, 15) is 9.59 Å². The second kappa shape index (κ2) is 6.97. The van der Waals surface area contributed by atoms with E-state index in [0.717, 1.165) is 10.0 Å². The van der Waals surface area contributed by atoms with Crippen LogP contribution in [0.1, 0.15) is 34.6 Å². The quantitative estimate of drug-likeness (QED) is 0.662. The molecule has 0 bridgehead atoms. The maximum Gasteiger partial charge on any atom is 0.265 e. The number of hydrogen-bond acceptors (Lipinski definition) is 6. The number of rotatable bonds is 3. The molecule has 1 unspecified atom stereocenters. The van der Waals surface area contributed by atoms with Crippen LogP contribution in [0.15, 0.2) is 32.1 Å². The first-order valence-electron chi connectivity index (χ1n) is 8.71. The third-order valence-electron chi connectivity index (χ3n) is 4.65. The Morgan fingerprint density at radius 3 is 2.68 bits per heavy atom. The summed E-state index contributed by atoms with van der Waals surface area (Å²) in [7, 11) is 1.58. The van der Waals surface area contributed by atoms with Crippen molar-refractivity contribution >= 4 is 32.9 Å². The van der Waals surface area contributed by atoms with Gasteiger partial charge in [0, 0.05) is 11.5 Å². The van der Waals surface area contributed by atoms with E-state index < -0.39 is 5.91 Å². The Morgan fingerprint density at radius 1 is 1.29 bits per heavy atom. The average molecular weight is 448 g/mol. The van der Waals surface area contributed by atoms with Crippen molar-refractivity contribution in [3.05, 3.63) is 50.2 Å². The maximum absolute atomic E-state index is 13.0. The zero-order valence-electron chi connectivity index (χ0n) is 15.5. The molecule has 1 amide bonds. The number of halogens is 1. The molecule has 3 aromatic rings. The Kier molecular flexibility index (Phi) is 4.62. The fourth-order valence-corrected chi connectivity index (χ4v) is 3.88. The summed E-state index contributed by atoms with van der Waals surface area (Å²) in [5.41, 5.74) is 0.845. The van der Waals surface area contributed by atoms with Crippen LogP contribution in [-0.4, -0.2) is 28.7 Å². The van der Waals surface area contributed by atoms with Crippen LogP contribution in [0.25, 0.3) is 11.1 Å². The predicted octanol–water partition coefficient (Wildman–Crippen LogP) is 2.86. The second-order valence-corrected chi connectivity index (χ2v) is 7.44. The SMILES string of the molecule is Cc1oc2ncn(C)c(=O)c2c1C(=O)NC(C)c1cc2c(cc1Br)OCCO2. The number of fused-ring (bicyclic) bond motifs is 2. The molecule has 0 saturated heterocycles. The molecule has 9 heteroatoms. The number of hydrogen-bond donors (Lipinski definition) is 1. The Morgan fingerprint density at radius 2 is 1.96 bits per heavy atom. The Bertz CT molecular complexity index is 1150. The van der Waals surface area contributed by atoms with E-state index in [2.05, 4.69) is 26.2 Å². The number of amides is 1. The van der Waals surface area contributed by atoms with Crippen molar-refractivity contribution < 1.29 is 18.7 Å². The highest BCUT2D eigenvalue weighted by Crippen LogP contribution is 2.38. The molecule has 1 aliphatic heterocycles. The lowest BCUT2D eigenvalue weighted by molar-refractivity contribution is 0.0939. The molecule has 0 spiro atoms. The molecule has 1 atom stereocenters. The molecule has 0 radical (unpaired) electrons. The molecule has 1 aromatic carbocycles. The molecule has 4 rings (SSSR count). The molecule has 0 saturated carbocycles. The van der Waals surface area contributed by atoms with E-state index >= 15 is 0 Å². The monoisotopic (exact) mass is 447 g/mol. The summed E-state index contributed by atoms with van der Waals surface area (Å²) in [6.07, 6.45) is 1.37. The van der Waals surface area contributed by atoms with Gasteiger partial charge in [-0.05, 0) is 31.5 Å². The highest BCUT2D eigenvalue weighted by atomic mass is 79.9. The number of benzene rings is 1. The number of furan rings is 1. The minimum Gasteiger partial charge on any atom is -0.486 e.